The summed E-state index contributed by atoms with van der Waals surface area (Å²) in [5, 5.41) is 8.74. The molecule has 0 saturated carbocycles. The predicted octanol–water partition coefficient (Wildman–Crippen LogP) is 15.3. The molecule has 12 aromatic rings. The van der Waals surface area contributed by atoms with Crippen molar-refractivity contribution in [2.45, 2.75) is 12.8 Å². The van der Waals surface area contributed by atoms with Crippen molar-refractivity contribution in [1.82, 2.24) is 9.13 Å². The topological polar surface area (TPSA) is 23.0 Å². The maximum atomic E-state index is 6.77. The molecule has 4 heterocycles. The van der Waals surface area contributed by atoms with E-state index < -0.39 is 0 Å². The third kappa shape index (κ3) is 4.49. The van der Waals surface area contributed by atoms with Crippen LogP contribution in [0.4, 0.5) is 0 Å². The fourth-order valence-corrected chi connectivity index (χ4v) is 11.1. The number of hydrogen-bond acceptors (Lipinski definition) is 2. The second-order valence-corrected chi connectivity index (χ2v) is 16.6. The Hall–Kier alpha value is -7.14. The summed E-state index contributed by atoms with van der Waals surface area (Å²) in [6.45, 7) is 0. The van der Waals surface area contributed by atoms with Crippen LogP contribution >= 0.6 is 11.3 Å². The summed E-state index contributed by atoms with van der Waals surface area (Å²) in [5.74, 6) is 1.09. The van der Waals surface area contributed by atoms with Crippen LogP contribution in [0.2, 0.25) is 0 Å². The van der Waals surface area contributed by atoms with E-state index in [1.165, 1.54) is 91.4 Å². The minimum Gasteiger partial charge on any atom is -0.460 e. The van der Waals surface area contributed by atoms with Gasteiger partial charge in [-0.3, -0.25) is 0 Å². The minimum absolute atomic E-state index is 0.934. The molecule has 0 atom stereocenters. The quantitative estimate of drug-likeness (QED) is 0.175. The highest BCUT2D eigenvalue weighted by molar-refractivity contribution is 7.26. The van der Waals surface area contributed by atoms with Crippen LogP contribution in [0.5, 0.6) is 0 Å². The molecule has 58 heavy (non-hydrogen) atoms. The summed E-state index contributed by atoms with van der Waals surface area (Å²) in [6.07, 6.45) is 6.46. The average molecular weight is 759 g/mol. The van der Waals surface area contributed by atoms with Gasteiger partial charge in [-0.2, -0.15) is 0 Å². The number of para-hydroxylation sites is 4. The van der Waals surface area contributed by atoms with Gasteiger partial charge in [0.15, 0.2) is 0 Å². The Labute approximate surface area is 337 Å². The van der Waals surface area contributed by atoms with Crippen molar-refractivity contribution in [3.8, 4) is 33.6 Å². The van der Waals surface area contributed by atoms with Crippen LogP contribution in [0.25, 0.3) is 114 Å². The zero-order valence-electron chi connectivity index (χ0n) is 31.4. The Balaban J connectivity index is 1.09. The van der Waals surface area contributed by atoms with E-state index >= 15 is 0 Å². The summed E-state index contributed by atoms with van der Waals surface area (Å²) in [4.78, 5) is 0. The third-order valence-electron chi connectivity index (χ3n) is 12.4. The summed E-state index contributed by atoms with van der Waals surface area (Å²) in [5.41, 5.74) is 14.1. The second-order valence-electron chi connectivity index (χ2n) is 15.5. The third-order valence-corrected chi connectivity index (χ3v) is 13.6. The number of rotatable bonds is 4. The van der Waals surface area contributed by atoms with Crippen LogP contribution in [-0.2, 0) is 6.42 Å². The van der Waals surface area contributed by atoms with Crippen LogP contribution in [0.3, 0.4) is 0 Å². The van der Waals surface area contributed by atoms with Gasteiger partial charge in [0.05, 0.1) is 22.1 Å². The first-order valence-electron chi connectivity index (χ1n) is 20.1. The monoisotopic (exact) mass is 758 g/mol. The molecule has 0 radical (unpaired) electrons. The van der Waals surface area contributed by atoms with Crippen molar-refractivity contribution >= 4 is 92.2 Å². The van der Waals surface area contributed by atoms with E-state index in [-0.39, 0.29) is 0 Å². The van der Waals surface area contributed by atoms with Crippen LogP contribution in [0, 0.1) is 0 Å². The van der Waals surface area contributed by atoms with Crippen molar-refractivity contribution in [2.75, 3.05) is 0 Å². The van der Waals surface area contributed by atoms with Crippen molar-refractivity contribution in [1.29, 1.82) is 0 Å². The molecule has 8 aromatic carbocycles. The van der Waals surface area contributed by atoms with E-state index in [9.17, 15) is 0 Å². The molecule has 4 heteroatoms. The van der Waals surface area contributed by atoms with Gasteiger partial charge in [-0.15, -0.1) is 11.3 Å². The molecule has 0 N–H and O–H groups in total. The first kappa shape index (κ1) is 32.0. The fraction of sp³-hybridized carbons (Fsp3) is 0.0370. The number of benzene rings is 8. The van der Waals surface area contributed by atoms with E-state index in [1.807, 2.05) is 11.3 Å². The Kier molecular flexibility index (Phi) is 6.72. The molecule has 1 aliphatic carbocycles. The number of furan rings is 1. The molecule has 0 fully saturated rings. The average Bonchev–Trinajstić information content (AvgIpc) is 4.04. The van der Waals surface area contributed by atoms with Gasteiger partial charge >= 0.3 is 0 Å². The summed E-state index contributed by atoms with van der Waals surface area (Å²) >= 11 is 1.87. The number of aromatic nitrogens is 2. The van der Waals surface area contributed by atoms with E-state index in [0.29, 0.717) is 0 Å². The van der Waals surface area contributed by atoms with Gasteiger partial charge in [0.2, 0.25) is 0 Å². The van der Waals surface area contributed by atoms with Gasteiger partial charge in [-0.05, 0) is 72.1 Å². The van der Waals surface area contributed by atoms with Gasteiger partial charge in [-0.1, -0.05) is 127 Å². The molecular formula is C54H34N2OS. The molecule has 3 nitrogen and oxygen atoms in total. The van der Waals surface area contributed by atoms with E-state index in [2.05, 4.69) is 191 Å². The molecular weight excluding hydrogens is 725 g/mol. The lowest BCUT2D eigenvalue weighted by atomic mass is 9.97. The molecule has 0 unspecified atom stereocenters. The lowest BCUT2D eigenvalue weighted by molar-refractivity contribution is 0.547. The lowest BCUT2D eigenvalue weighted by Gasteiger charge is -2.13. The van der Waals surface area contributed by atoms with Gasteiger partial charge in [0, 0.05) is 81.6 Å². The standard InChI is InChI=1S/C54H34N2OS/c1-2-14-34(15-3-1)55-46-23-8-4-16-37(46)38-29-28-33(30-49(38)55)36-20-13-25-48-52(36)43-19-5-9-24-47(43)56(48)35-31-44-40-18-7-11-27-51(40)58-54(44)45(32-35)42-22-12-21-41-39-17-6-10-26-50(39)57-53(41)42/h1-9,11-25,27-32H,10,26H2. The number of thiophene rings is 1. The number of aryl methyl sites for hydroxylation is 1. The summed E-state index contributed by atoms with van der Waals surface area (Å²) in [6, 6.07) is 62.5. The smallest absolute Gasteiger partial charge is 0.142 e. The first-order chi connectivity index (χ1) is 28.8. The summed E-state index contributed by atoms with van der Waals surface area (Å²) < 4.78 is 14.2. The van der Waals surface area contributed by atoms with Crippen molar-refractivity contribution < 1.29 is 4.42 Å². The predicted molar refractivity (Wildman–Crippen MR) is 246 cm³/mol. The van der Waals surface area contributed by atoms with Gasteiger partial charge in [-0.25, -0.2) is 0 Å². The maximum Gasteiger partial charge on any atom is 0.142 e. The first-order valence-corrected chi connectivity index (χ1v) is 20.9. The SMILES string of the molecule is C1=Cc2c(oc3c(-c4cc(-n5c6ccccc6c6c(-c7ccc8c9ccccc9n(-c9ccccc9)c8c7)cccc65)cc5c4sc4ccccc45)cccc23)CC1. The number of hydrogen-bond donors (Lipinski definition) is 0. The Morgan fingerprint density at radius 3 is 2.05 bits per heavy atom. The van der Waals surface area contributed by atoms with Crippen LogP contribution in [0.1, 0.15) is 17.7 Å². The molecule has 0 bridgehead atoms. The van der Waals surface area contributed by atoms with Crippen molar-refractivity contribution in [2.24, 2.45) is 0 Å². The zero-order valence-corrected chi connectivity index (χ0v) is 32.3. The van der Waals surface area contributed by atoms with Crippen molar-refractivity contribution in [3.05, 3.63) is 187 Å². The molecule has 13 rings (SSSR count). The Morgan fingerprint density at radius 2 is 1.16 bits per heavy atom. The molecule has 0 aliphatic heterocycles. The highest BCUT2D eigenvalue weighted by atomic mass is 32.1. The highest BCUT2D eigenvalue weighted by Crippen LogP contribution is 2.47. The maximum absolute atomic E-state index is 6.77. The van der Waals surface area contributed by atoms with E-state index in [4.69, 9.17) is 4.42 Å². The number of fused-ring (bicyclic) bond motifs is 12. The second kappa shape index (κ2) is 12.2. The van der Waals surface area contributed by atoms with Gasteiger partial charge < -0.3 is 13.6 Å². The molecule has 4 aromatic heterocycles. The molecule has 1 aliphatic rings. The normalized spacial score (nSPS) is 13.0. The van der Waals surface area contributed by atoms with E-state index in [0.717, 1.165) is 41.1 Å². The van der Waals surface area contributed by atoms with E-state index in [1.54, 1.807) is 0 Å². The fourth-order valence-electron chi connectivity index (χ4n) is 9.86. The molecule has 0 spiro atoms. The Morgan fingerprint density at radius 1 is 0.466 bits per heavy atom. The number of nitrogens with zero attached hydrogens (tertiary/aromatic N) is 2. The summed E-state index contributed by atoms with van der Waals surface area (Å²) in [7, 11) is 0. The zero-order chi connectivity index (χ0) is 37.9. The largest absolute Gasteiger partial charge is 0.460 e. The number of allylic oxidation sites excluding steroid dienone is 1. The van der Waals surface area contributed by atoms with Crippen LogP contribution in [-0.4, -0.2) is 9.13 Å². The van der Waals surface area contributed by atoms with Crippen LogP contribution < -0.4 is 0 Å². The lowest BCUT2D eigenvalue weighted by Crippen LogP contribution is -1.95. The van der Waals surface area contributed by atoms with Crippen LogP contribution in [0.15, 0.2) is 180 Å². The highest BCUT2D eigenvalue weighted by Gasteiger charge is 2.23. The van der Waals surface area contributed by atoms with Crippen molar-refractivity contribution in [3.63, 3.8) is 0 Å². The van der Waals surface area contributed by atoms with Gasteiger partial charge in [0.25, 0.3) is 0 Å². The molecule has 0 amide bonds. The Bertz CT molecular complexity index is 3680. The molecule has 0 saturated heterocycles. The minimum atomic E-state index is 0.934. The molecule has 272 valence electrons. The van der Waals surface area contributed by atoms with Gasteiger partial charge in [0.1, 0.15) is 11.3 Å².